The Morgan fingerprint density at radius 1 is 0.769 bits per heavy atom. The molecule has 0 heterocycles. The quantitative estimate of drug-likeness (QED) is 0.183. The van der Waals surface area contributed by atoms with Gasteiger partial charge in [0.15, 0.2) is 0 Å². The van der Waals surface area contributed by atoms with Crippen LogP contribution in [0.2, 0.25) is 6.04 Å². The molecule has 0 aliphatic heterocycles. The van der Waals surface area contributed by atoms with E-state index in [2.05, 4.69) is 22.6 Å². The predicted molar refractivity (Wildman–Crippen MR) is 74.9 cm³/mol. The molecule has 0 bridgehead atoms. The van der Waals surface area contributed by atoms with Crippen LogP contribution in [0.15, 0.2) is 0 Å². The molecule has 0 rings (SSSR count). The fourth-order valence-electron chi connectivity index (χ4n) is 1.28. The summed E-state index contributed by atoms with van der Waals surface area (Å²) in [5.41, 5.74) is 0. The number of hydrogen-bond donors (Lipinski definition) is 0. The molecule has 4 heteroatoms. The maximum absolute atomic E-state index is 5.76. The molecule has 0 unspecified atom stereocenters. The van der Waals surface area contributed by atoms with Crippen LogP contribution in [-0.2, 0) is 0 Å². The van der Waals surface area contributed by atoms with Crippen LogP contribution in [0.25, 0.3) is 0 Å². The third-order valence-corrected chi connectivity index (χ3v) is 4.97. The zero-order valence-corrected chi connectivity index (χ0v) is 12.9. The molecule has 0 fully saturated rings. The Hall–Kier alpha value is 1.53. The highest BCUT2D eigenvalue weighted by Crippen LogP contribution is 2.13. The van der Waals surface area contributed by atoms with E-state index in [9.17, 15) is 0 Å². The van der Waals surface area contributed by atoms with Gasteiger partial charge < -0.3 is 0 Å². The van der Waals surface area contributed by atoms with E-state index in [1.165, 1.54) is 49.4 Å². The van der Waals surface area contributed by atoms with Gasteiger partial charge in [-0.2, -0.15) is 22.2 Å². The van der Waals surface area contributed by atoms with Crippen molar-refractivity contribution in [3.8, 4) is 0 Å². The first-order chi connectivity index (χ1) is 6.27. The largest absolute Gasteiger partial charge is 0.237 e. The van der Waals surface area contributed by atoms with Crippen molar-refractivity contribution in [1.29, 1.82) is 0 Å². The second-order valence-corrected chi connectivity index (χ2v) is 9.61. The Labute approximate surface area is 107 Å². The molecule has 0 radical (unpaired) electrons. The topological polar surface area (TPSA) is 0 Å². The van der Waals surface area contributed by atoms with E-state index >= 15 is 0 Å². The molecule has 13 heavy (non-hydrogen) atoms. The molecule has 80 valence electrons. The Morgan fingerprint density at radius 3 is 1.69 bits per heavy atom. The van der Waals surface area contributed by atoms with Gasteiger partial charge in [-0.3, -0.25) is 0 Å². The maximum atomic E-state index is 5.76. The average molecular weight is 353 g/mol. The fraction of sp³-hybridized carbons (Fsp3) is 1.00. The first-order valence-electron chi connectivity index (χ1n) is 5.11. The molecule has 0 aromatic carbocycles. The van der Waals surface area contributed by atoms with Gasteiger partial charge in [0.25, 0.3) is 0 Å². The van der Waals surface area contributed by atoms with Crippen molar-refractivity contribution in [3.05, 3.63) is 0 Å². The highest BCUT2D eigenvalue weighted by atomic mass is 127. The van der Waals surface area contributed by atoms with Crippen LogP contribution in [0, 0.1) is 0 Å². The lowest BCUT2D eigenvalue weighted by molar-refractivity contribution is 0.604. The van der Waals surface area contributed by atoms with Crippen LogP contribution in [0.3, 0.4) is 0 Å². The zero-order chi connectivity index (χ0) is 9.94. The minimum atomic E-state index is -1.30. The Morgan fingerprint density at radius 2 is 1.23 bits per heavy atom. The van der Waals surface area contributed by atoms with Crippen molar-refractivity contribution < 1.29 is 0 Å². The molecule has 0 aromatic heterocycles. The van der Waals surface area contributed by atoms with Crippen molar-refractivity contribution in [2.75, 3.05) is 4.43 Å². The van der Waals surface area contributed by atoms with Gasteiger partial charge in [-0.05, 0) is 16.9 Å². The minimum Gasteiger partial charge on any atom is -0.150 e. The second-order valence-electron chi connectivity index (χ2n) is 3.34. The fourth-order valence-corrected chi connectivity index (χ4v) is 3.34. The Balaban J connectivity index is 2.84. The van der Waals surface area contributed by atoms with E-state index in [1.54, 1.807) is 0 Å². The molecule has 0 atom stereocenters. The highest BCUT2D eigenvalue weighted by Gasteiger charge is 2.00. The van der Waals surface area contributed by atoms with E-state index in [1.807, 2.05) is 0 Å². The third-order valence-electron chi connectivity index (χ3n) is 2.06. The van der Waals surface area contributed by atoms with Crippen LogP contribution in [0.5, 0.6) is 0 Å². The van der Waals surface area contributed by atoms with E-state index in [0.717, 1.165) is 6.04 Å². The van der Waals surface area contributed by atoms with Crippen molar-refractivity contribution in [1.82, 2.24) is 0 Å². The minimum absolute atomic E-state index is 1.09. The number of unbranched alkanes of at least 4 members (excludes halogenated alkanes) is 6. The SMILES string of the molecule is Cl[SiH](Cl)CCCCCCCCCI. The molecule has 0 amide bonds. The second kappa shape index (κ2) is 11.6. The molecule has 0 aromatic rings. The first kappa shape index (κ1) is 14.5. The van der Waals surface area contributed by atoms with Crippen LogP contribution >= 0.6 is 44.7 Å². The molecule has 0 nitrogen and oxygen atoms in total. The van der Waals surface area contributed by atoms with E-state index < -0.39 is 7.42 Å². The van der Waals surface area contributed by atoms with Gasteiger partial charge in [0, 0.05) is 0 Å². The monoisotopic (exact) mass is 352 g/mol. The van der Waals surface area contributed by atoms with Gasteiger partial charge in [-0.25, -0.2) is 0 Å². The van der Waals surface area contributed by atoms with Crippen LogP contribution in [0.4, 0.5) is 0 Å². The lowest BCUT2D eigenvalue weighted by atomic mass is 10.1. The summed E-state index contributed by atoms with van der Waals surface area (Å²) in [7, 11) is -1.30. The molecule has 0 aliphatic carbocycles. The number of hydrogen-bond acceptors (Lipinski definition) is 0. The summed E-state index contributed by atoms with van der Waals surface area (Å²) in [6.07, 6.45) is 9.54. The summed E-state index contributed by atoms with van der Waals surface area (Å²) in [6, 6.07) is 1.09. The van der Waals surface area contributed by atoms with Gasteiger partial charge in [-0.1, -0.05) is 61.1 Å². The van der Waals surface area contributed by atoms with Crippen LogP contribution in [0.1, 0.15) is 44.9 Å². The Kier molecular flexibility index (Phi) is 13.0. The van der Waals surface area contributed by atoms with Gasteiger partial charge in [0.2, 0.25) is 7.42 Å². The molecule has 0 saturated heterocycles. The zero-order valence-electron chi connectivity index (χ0n) is 8.08. The first-order valence-corrected chi connectivity index (χ1v) is 10.9. The molecule has 0 aliphatic rings. The average Bonchev–Trinajstić information content (AvgIpc) is 2.09. The number of halogens is 3. The van der Waals surface area contributed by atoms with Gasteiger partial charge in [0.05, 0.1) is 0 Å². The highest BCUT2D eigenvalue weighted by molar-refractivity contribution is 14.1. The summed E-state index contributed by atoms with van der Waals surface area (Å²) in [5, 5.41) is 0. The van der Waals surface area contributed by atoms with Gasteiger partial charge >= 0.3 is 0 Å². The molecule has 0 saturated carbocycles. The summed E-state index contributed by atoms with van der Waals surface area (Å²) >= 11 is 14.0. The molecular formula is C9H19Cl2ISi. The molecule has 0 spiro atoms. The summed E-state index contributed by atoms with van der Waals surface area (Å²) in [6.45, 7) is 0. The number of rotatable bonds is 9. The van der Waals surface area contributed by atoms with E-state index in [0.29, 0.717) is 0 Å². The van der Waals surface area contributed by atoms with Crippen molar-refractivity contribution in [2.45, 2.75) is 51.0 Å². The summed E-state index contributed by atoms with van der Waals surface area (Å²) < 4.78 is 1.31. The van der Waals surface area contributed by atoms with Gasteiger partial charge in [0.1, 0.15) is 0 Å². The third kappa shape index (κ3) is 13.5. The standard InChI is InChI=1S/C9H19Cl2ISi/c10-13(11)9-7-5-3-1-2-4-6-8-12/h13H,1-9H2. The molecular weight excluding hydrogens is 334 g/mol. The smallest absolute Gasteiger partial charge is 0.150 e. The Bertz CT molecular complexity index is 102. The lowest BCUT2D eigenvalue weighted by Crippen LogP contribution is -1.91. The van der Waals surface area contributed by atoms with Gasteiger partial charge in [-0.15, -0.1) is 0 Å². The normalized spacial score (nSPS) is 11.1. The predicted octanol–water partition coefficient (Wildman–Crippen LogP) is 4.85. The summed E-state index contributed by atoms with van der Waals surface area (Å²) in [5.74, 6) is 0. The van der Waals surface area contributed by atoms with E-state index in [4.69, 9.17) is 22.2 Å². The van der Waals surface area contributed by atoms with Crippen LogP contribution in [-0.4, -0.2) is 11.8 Å². The lowest BCUT2D eigenvalue weighted by Gasteiger charge is -2.00. The van der Waals surface area contributed by atoms with Crippen LogP contribution < -0.4 is 0 Å². The summed E-state index contributed by atoms with van der Waals surface area (Å²) in [4.78, 5) is 0. The number of alkyl halides is 1. The maximum Gasteiger partial charge on any atom is 0.237 e. The van der Waals surface area contributed by atoms with Crippen molar-refractivity contribution in [2.24, 2.45) is 0 Å². The van der Waals surface area contributed by atoms with Crippen molar-refractivity contribution in [3.63, 3.8) is 0 Å². The van der Waals surface area contributed by atoms with Crippen molar-refractivity contribution >= 4 is 52.2 Å². The van der Waals surface area contributed by atoms with E-state index in [-0.39, 0.29) is 0 Å². The molecule has 0 N–H and O–H groups in total.